The van der Waals surface area contributed by atoms with Crippen LogP contribution in [-0.2, 0) is 6.42 Å². The molecule has 1 unspecified atom stereocenters. The number of rotatable bonds is 3. The fourth-order valence-corrected chi connectivity index (χ4v) is 3.33. The Balaban J connectivity index is 0.00000243. The van der Waals surface area contributed by atoms with Crippen LogP contribution in [0, 0.1) is 0 Å². The van der Waals surface area contributed by atoms with E-state index in [2.05, 4.69) is 0 Å². The molecule has 2 aromatic rings. The van der Waals surface area contributed by atoms with Gasteiger partial charge in [0.15, 0.2) is 17.2 Å². The smallest absolute Gasteiger partial charge is 0.220 e. The molecule has 0 saturated heterocycles. The minimum Gasteiger partial charge on any atom is -0.504 e. The number of hydrogen-bond acceptors (Lipinski definition) is 6. The van der Waals surface area contributed by atoms with Crippen molar-refractivity contribution in [1.82, 2.24) is 0 Å². The Morgan fingerprint density at radius 2 is 1.77 bits per heavy atom. The molecule has 7 heteroatoms. The van der Waals surface area contributed by atoms with Crippen molar-refractivity contribution >= 4 is 12.4 Å². The third-order valence-corrected chi connectivity index (χ3v) is 4.56. The summed E-state index contributed by atoms with van der Waals surface area (Å²) < 4.78 is 16.5. The van der Waals surface area contributed by atoms with Gasteiger partial charge in [-0.1, -0.05) is 6.07 Å². The standard InChI is InChI=1S/C19H21NO5.ClH/c1-23-16-8-10-4-6-13(20)12-9-15(22)14(21)7-5-11(12)17(10)19(25-3)18(16)24-2;/h5,7-9,13H,4,6,20H2,1-3H3,(H,21,22);1H. The van der Waals surface area contributed by atoms with Gasteiger partial charge in [0.2, 0.25) is 11.2 Å². The molecule has 0 heterocycles. The summed E-state index contributed by atoms with van der Waals surface area (Å²) in [4.78, 5) is 12.1. The van der Waals surface area contributed by atoms with E-state index in [1.165, 1.54) is 12.1 Å². The van der Waals surface area contributed by atoms with Crippen LogP contribution >= 0.6 is 12.4 Å². The number of halogens is 1. The Bertz CT molecular complexity index is 885. The van der Waals surface area contributed by atoms with Crippen molar-refractivity contribution in [3.8, 4) is 34.1 Å². The molecule has 0 fully saturated rings. The molecule has 0 aromatic heterocycles. The second-order valence-electron chi connectivity index (χ2n) is 5.92. The Kier molecular flexibility index (Phi) is 6.00. The molecule has 3 N–H and O–H groups in total. The molecule has 1 aliphatic rings. The molecule has 2 aromatic carbocycles. The zero-order valence-electron chi connectivity index (χ0n) is 14.9. The largest absolute Gasteiger partial charge is 0.504 e. The summed E-state index contributed by atoms with van der Waals surface area (Å²) in [5.74, 6) is 1.25. The Hall–Kier alpha value is -2.44. The van der Waals surface area contributed by atoms with Crippen LogP contribution in [0.5, 0.6) is 23.0 Å². The first-order chi connectivity index (χ1) is 12.0. The van der Waals surface area contributed by atoms with Crippen LogP contribution in [-0.4, -0.2) is 26.4 Å². The van der Waals surface area contributed by atoms with Crippen LogP contribution in [0.4, 0.5) is 0 Å². The van der Waals surface area contributed by atoms with Crippen LogP contribution in [0.2, 0.25) is 0 Å². The van der Waals surface area contributed by atoms with Crippen molar-refractivity contribution in [1.29, 1.82) is 0 Å². The van der Waals surface area contributed by atoms with E-state index >= 15 is 0 Å². The van der Waals surface area contributed by atoms with Gasteiger partial charge in [0.05, 0.1) is 21.3 Å². The molecule has 0 amide bonds. The molecule has 0 bridgehead atoms. The van der Waals surface area contributed by atoms with Gasteiger partial charge in [-0.2, -0.15) is 0 Å². The van der Waals surface area contributed by atoms with Crippen molar-refractivity contribution in [2.24, 2.45) is 5.73 Å². The highest BCUT2D eigenvalue weighted by molar-refractivity contribution is 5.85. The van der Waals surface area contributed by atoms with E-state index in [0.29, 0.717) is 35.7 Å². The molecule has 0 aliphatic heterocycles. The summed E-state index contributed by atoms with van der Waals surface area (Å²) in [5.41, 5.74) is 9.06. The first-order valence-corrected chi connectivity index (χ1v) is 7.96. The monoisotopic (exact) mass is 379 g/mol. The van der Waals surface area contributed by atoms with Crippen molar-refractivity contribution in [2.45, 2.75) is 18.9 Å². The summed E-state index contributed by atoms with van der Waals surface area (Å²) in [7, 11) is 4.67. The zero-order valence-corrected chi connectivity index (χ0v) is 15.7. The third-order valence-electron chi connectivity index (χ3n) is 4.56. The number of methoxy groups -OCH3 is 3. The predicted octanol–water partition coefficient (Wildman–Crippen LogP) is 2.81. The van der Waals surface area contributed by atoms with Gasteiger partial charge < -0.3 is 25.1 Å². The van der Waals surface area contributed by atoms with Crippen molar-refractivity contribution in [3.63, 3.8) is 0 Å². The molecular weight excluding hydrogens is 358 g/mol. The van der Waals surface area contributed by atoms with E-state index in [1.807, 2.05) is 6.07 Å². The molecule has 140 valence electrons. The van der Waals surface area contributed by atoms with Gasteiger partial charge in [-0.3, -0.25) is 4.79 Å². The predicted molar refractivity (Wildman–Crippen MR) is 102 cm³/mol. The number of benzene rings is 1. The van der Waals surface area contributed by atoms with Gasteiger partial charge in [0, 0.05) is 11.6 Å². The number of nitrogens with two attached hydrogens (primary N) is 1. The maximum Gasteiger partial charge on any atom is 0.220 e. The Labute approximate surface area is 157 Å². The second kappa shape index (κ2) is 7.85. The minimum atomic E-state index is -0.459. The normalized spacial score (nSPS) is 15.0. The number of aromatic hydroxyl groups is 1. The first-order valence-electron chi connectivity index (χ1n) is 7.96. The van der Waals surface area contributed by atoms with E-state index in [9.17, 15) is 9.90 Å². The SMILES string of the molecule is COc1cc2c(c(OC)c1OC)-c1ccc(O)c(=O)cc1C(N)CC2.Cl. The summed E-state index contributed by atoms with van der Waals surface area (Å²) in [6, 6.07) is 6.07. The van der Waals surface area contributed by atoms with E-state index < -0.39 is 5.43 Å². The van der Waals surface area contributed by atoms with Gasteiger partial charge >= 0.3 is 0 Å². The highest BCUT2D eigenvalue weighted by atomic mass is 35.5. The lowest BCUT2D eigenvalue weighted by Crippen LogP contribution is -2.11. The van der Waals surface area contributed by atoms with Crippen molar-refractivity contribution in [3.05, 3.63) is 45.6 Å². The molecule has 0 saturated carbocycles. The third kappa shape index (κ3) is 3.18. The van der Waals surface area contributed by atoms with Gasteiger partial charge in [-0.15, -0.1) is 12.4 Å². The van der Waals surface area contributed by atoms with Crippen LogP contribution in [0.3, 0.4) is 0 Å². The van der Waals surface area contributed by atoms with Gasteiger partial charge in [0.25, 0.3) is 0 Å². The molecule has 26 heavy (non-hydrogen) atoms. The van der Waals surface area contributed by atoms with Gasteiger partial charge in [0.1, 0.15) is 0 Å². The van der Waals surface area contributed by atoms with Crippen molar-refractivity contribution in [2.75, 3.05) is 21.3 Å². The average molecular weight is 380 g/mol. The number of hydrogen-bond donors (Lipinski definition) is 2. The highest BCUT2D eigenvalue weighted by Crippen LogP contribution is 2.49. The van der Waals surface area contributed by atoms with E-state index in [0.717, 1.165) is 16.7 Å². The fourth-order valence-electron chi connectivity index (χ4n) is 3.33. The zero-order chi connectivity index (χ0) is 18.1. The first kappa shape index (κ1) is 19.9. The average Bonchev–Trinajstić information content (AvgIpc) is 2.84. The molecule has 0 radical (unpaired) electrons. The van der Waals surface area contributed by atoms with E-state index in [-0.39, 0.29) is 24.2 Å². The lowest BCUT2D eigenvalue weighted by molar-refractivity contribution is 0.324. The quantitative estimate of drug-likeness (QED) is 0.852. The molecule has 1 atom stereocenters. The number of ether oxygens (including phenoxy) is 3. The summed E-state index contributed by atoms with van der Waals surface area (Å²) in [6.07, 6.45) is 1.36. The topological polar surface area (TPSA) is 91.0 Å². The van der Waals surface area contributed by atoms with E-state index in [4.69, 9.17) is 19.9 Å². The van der Waals surface area contributed by atoms with Crippen molar-refractivity contribution < 1.29 is 19.3 Å². The lowest BCUT2D eigenvalue weighted by atomic mass is 9.95. The lowest BCUT2D eigenvalue weighted by Gasteiger charge is -2.19. The van der Waals surface area contributed by atoms with Crippen LogP contribution in [0.1, 0.15) is 23.6 Å². The maximum atomic E-state index is 12.1. The second-order valence-corrected chi connectivity index (χ2v) is 5.92. The van der Waals surface area contributed by atoms with Crippen LogP contribution in [0.25, 0.3) is 11.1 Å². The van der Waals surface area contributed by atoms with Crippen LogP contribution in [0.15, 0.2) is 29.1 Å². The molecular formula is C19H22ClNO5. The summed E-state index contributed by atoms with van der Waals surface area (Å²) in [6.45, 7) is 0. The Morgan fingerprint density at radius 1 is 1.08 bits per heavy atom. The van der Waals surface area contributed by atoms with Gasteiger partial charge in [-0.25, -0.2) is 0 Å². The van der Waals surface area contributed by atoms with E-state index in [1.54, 1.807) is 27.4 Å². The molecule has 1 aliphatic carbocycles. The Morgan fingerprint density at radius 3 is 2.38 bits per heavy atom. The summed E-state index contributed by atoms with van der Waals surface area (Å²) >= 11 is 0. The molecule has 0 spiro atoms. The number of fused-ring (bicyclic) bond motifs is 3. The highest BCUT2D eigenvalue weighted by Gasteiger charge is 2.27. The minimum absolute atomic E-state index is 0. The summed E-state index contributed by atoms with van der Waals surface area (Å²) in [5, 5.41) is 9.82. The van der Waals surface area contributed by atoms with Gasteiger partial charge in [-0.05, 0) is 47.7 Å². The molecule has 6 nitrogen and oxygen atoms in total. The molecule has 3 rings (SSSR count). The number of aryl methyl sites for hydroxylation is 1. The fraction of sp³-hybridized carbons (Fsp3) is 0.316. The maximum absolute atomic E-state index is 12.1. The van der Waals surface area contributed by atoms with Crippen LogP contribution < -0.4 is 25.4 Å².